The third-order valence-electron chi connectivity index (χ3n) is 3.46. The molecule has 2 rings (SSSR count). The number of aromatic nitrogens is 1. The zero-order chi connectivity index (χ0) is 19.7. The van der Waals surface area contributed by atoms with Gasteiger partial charge in [-0.25, -0.2) is 9.98 Å². The maximum absolute atomic E-state index is 12.4. The highest BCUT2D eigenvalue weighted by atomic mass is 32.1. The SMILES string of the molecule is CCNC(=NCc1ccccc1OCC(F)(F)F)NCCc1csc(C)n1. The molecule has 0 unspecified atom stereocenters. The van der Waals surface area contributed by atoms with Gasteiger partial charge < -0.3 is 15.4 Å². The first-order valence-electron chi connectivity index (χ1n) is 8.58. The Balaban J connectivity index is 1.95. The molecule has 0 atom stereocenters. The maximum atomic E-state index is 12.4. The Hall–Kier alpha value is -2.29. The van der Waals surface area contributed by atoms with Gasteiger partial charge in [-0.05, 0) is 19.9 Å². The molecule has 2 aromatic rings. The van der Waals surface area contributed by atoms with Crippen LogP contribution < -0.4 is 15.4 Å². The molecule has 0 aliphatic heterocycles. The number of thiazole rings is 1. The van der Waals surface area contributed by atoms with Gasteiger partial charge in [-0.1, -0.05) is 18.2 Å². The number of rotatable bonds is 8. The predicted molar refractivity (Wildman–Crippen MR) is 101 cm³/mol. The molecule has 1 heterocycles. The molecule has 1 aromatic carbocycles. The number of halogens is 3. The molecule has 5 nitrogen and oxygen atoms in total. The minimum Gasteiger partial charge on any atom is -0.484 e. The van der Waals surface area contributed by atoms with Crippen molar-refractivity contribution in [1.82, 2.24) is 15.6 Å². The van der Waals surface area contributed by atoms with Crippen LogP contribution in [0.2, 0.25) is 0 Å². The van der Waals surface area contributed by atoms with E-state index in [0.29, 0.717) is 24.6 Å². The fraction of sp³-hybridized carbons (Fsp3) is 0.444. The number of benzene rings is 1. The van der Waals surface area contributed by atoms with Crippen LogP contribution in [-0.2, 0) is 13.0 Å². The number of ether oxygens (including phenoxy) is 1. The fourth-order valence-electron chi connectivity index (χ4n) is 2.27. The van der Waals surface area contributed by atoms with Gasteiger partial charge in [0.05, 0.1) is 17.2 Å². The molecule has 0 amide bonds. The number of nitrogens with one attached hydrogen (secondary N) is 2. The number of nitrogens with zero attached hydrogens (tertiary/aromatic N) is 2. The van der Waals surface area contributed by atoms with Gasteiger partial charge in [0.1, 0.15) is 5.75 Å². The van der Waals surface area contributed by atoms with Gasteiger partial charge in [0.15, 0.2) is 12.6 Å². The largest absolute Gasteiger partial charge is 0.484 e. The van der Waals surface area contributed by atoms with Crippen molar-refractivity contribution in [3.05, 3.63) is 45.9 Å². The van der Waals surface area contributed by atoms with Crippen molar-refractivity contribution in [3.63, 3.8) is 0 Å². The summed E-state index contributed by atoms with van der Waals surface area (Å²) in [5.74, 6) is 0.780. The Morgan fingerprint density at radius 2 is 2.04 bits per heavy atom. The van der Waals surface area contributed by atoms with E-state index in [9.17, 15) is 13.2 Å². The highest BCUT2D eigenvalue weighted by molar-refractivity contribution is 7.09. The second-order valence-electron chi connectivity index (χ2n) is 5.74. The molecule has 0 aliphatic carbocycles. The van der Waals surface area contributed by atoms with E-state index in [1.54, 1.807) is 29.5 Å². The molecule has 2 N–H and O–H groups in total. The monoisotopic (exact) mass is 400 g/mol. The molecule has 148 valence electrons. The van der Waals surface area contributed by atoms with Crippen molar-refractivity contribution < 1.29 is 17.9 Å². The molecule has 0 radical (unpaired) electrons. The predicted octanol–water partition coefficient (Wildman–Crippen LogP) is 3.69. The highest BCUT2D eigenvalue weighted by Gasteiger charge is 2.28. The van der Waals surface area contributed by atoms with Crippen LogP contribution in [-0.4, -0.2) is 36.8 Å². The van der Waals surface area contributed by atoms with Crippen LogP contribution in [0.5, 0.6) is 5.75 Å². The Bertz CT molecular complexity index is 746. The van der Waals surface area contributed by atoms with Gasteiger partial charge in [-0.2, -0.15) is 13.2 Å². The molecule has 0 saturated heterocycles. The summed E-state index contributed by atoms with van der Waals surface area (Å²) in [6.45, 7) is 4.13. The van der Waals surface area contributed by atoms with E-state index in [1.165, 1.54) is 6.07 Å². The molecular weight excluding hydrogens is 377 g/mol. The normalized spacial score (nSPS) is 12.1. The van der Waals surface area contributed by atoms with E-state index in [-0.39, 0.29) is 12.3 Å². The average molecular weight is 400 g/mol. The van der Waals surface area contributed by atoms with E-state index < -0.39 is 12.8 Å². The molecule has 1 aromatic heterocycles. The molecule has 0 fully saturated rings. The van der Waals surface area contributed by atoms with Crippen molar-refractivity contribution in [3.8, 4) is 5.75 Å². The second-order valence-corrected chi connectivity index (χ2v) is 6.80. The molecule has 0 bridgehead atoms. The molecule has 0 aliphatic rings. The highest BCUT2D eigenvalue weighted by Crippen LogP contribution is 2.22. The summed E-state index contributed by atoms with van der Waals surface area (Å²) in [4.78, 5) is 8.85. The van der Waals surface area contributed by atoms with Gasteiger partial charge in [-0.3, -0.25) is 0 Å². The number of aliphatic imine (C=N–C) groups is 1. The van der Waals surface area contributed by atoms with E-state index in [2.05, 4.69) is 20.6 Å². The summed E-state index contributed by atoms with van der Waals surface area (Å²) in [6, 6.07) is 6.60. The van der Waals surface area contributed by atoms with E-state index in [4.69, 9.17) is 4.74 Å². The van der Waals surface area contributed by atoms with Crippen molar-refractivity contribution in [2.75, 3.05) is 19.7 Å². The summed E-state index contributed by atoms with van der Waals surface area (Å²) in [5, 5.41) is 9.38. The molecule has 27 heavy (non-hydrogen) atoms. The molecule has 0 saturated carbocycles. The standard InChI is InChI=1S/C18H23F3N4OS/c1-3-22-17(23-9-8-15-11-27-13(2)25-15)24-10-14-6-4-5-7-16(14)26-12-18(19,20)21/h4-7,11H,3,8-10,12H2,1-2H3,(H2,22,23,24). The van der Waals surface area contributed by atoms with Crippen molar-refractivity contribution in [2.45, 2.75) is 33.0 Å². The molecular formula is C18H23F3N4OS. The summed E-state index contributed by atoms with van der Waals surface area (Å²) >= 11 is 1.61. The number of alkyl halides is 3. The minimum atomic E-state index is -4.37. The smallest absolute Gasteiger partial charge is 0.422 e. The van der Waals surface area contributed by atoms with Crippen LogP contribution in [0.25, 0.3) is 0 Å². The molecule has 9 heteroatoms. The lowest BCUT2D eigenvalue weighted by Crippen LogP contribution is -2.38. The van der Waals surface area contributed by atoms with Crippen LogP contribution in [0, 0.1) is 6.92 Å². The third-order valence-corrected chi connectivity index (χ3v) is 4.28. The van der Waals surface area contributed by atoms with Gasteiger partial charge in [0.25, 0.3) is 0 Å². The van der Waals surface area contributed by atoms with Gasteiger partial charge in [-0.15, -0.1) is 11.3 Å². The minimum absolute atomic E-state index is 0.187. The number of aryl methyl sites for hydroxylation is 1. The first kappa shape index (κ1) is 21.0. The van der Waals surface area contributed by atoms with Gasteiger partial charge in [0, 0.05) is 30.5 Å². The quantitative estimate of drug-likeness (QED) is 0.524. The third kappa shape index (κ3) is 7.86. The van der Waals surface area contributed by atoms with Crippen LogP contribution in [0.15, 0.2) is 34.6 Å². The van der Waals surface area contributed by atoms with Gasteiger partial charge >= 0.3 is 6.18 Å². The van der Waals surface area contributed by atoms with Crippen molar-refractivity contribution >= 4 is 17.3 Å². The van der Waals surface area contributed by atoms with Crippen LogP contribution in [0.4, 0.5) is 13.2 Å². The van der Waals surface area contributed by atoms with Crippen molar-refractivity contribution in [1.29, 1.82) is 0 Å². The van der Waals surface area contributed by atoms with Crippen LogP contribution in [0.3, 0.4) is 0 Å². The van der Waals surface area contributed by atoms with Crippen LogP contribution >= 0.6 is 11.3 Å². The van der Waals surface area contributed by atoms with E-state index >= 15 is 0 Å². The topological polar surface area (TPSA) is 58.5 Å². The lowest BCUT2D eigenvalue weighted by atomic mass is 10.2. The fourth-order valence-corrected chi connectivity index (χ4v) is 2.92. The Morgan fingerprint density at radius 3 is 2.70 bits per heavy atom. The van der Waals surface area contributed by atoms with Gasteiger partial charge in [0.2, 0.25) is 0 Å². The number of hydrogen-bond donors (Lipinski definition) is 2. The summed E-state index contributed by atoms with van der Waals surface area (Å²) in [7, 11) is 0. The first-order chi connectivity index (χ1) is 12.9. The van der Waals surface area contributed by atoms with E-state index in [1.807, 2.05) is 19.2 Å². The summed E-state index contributed by atoms with van der Waals surface area (Å²) in [6.07, 6.45) is -3.61. The summed E-state index contributed by atoms with van der Waals surface area (Å²) in [5.41, 5.74) is 1.61. The Morgan fingerprint density at radius 1 is 1.26 bits per heavy atom. The van der Waals surface area contributed by atoms with Crippen molar-refractivity contribution in [2.24, 2.45) is 4.99 Å². The average Bonchev–Trinajstić information content (AvgIpc) is 3.03. The lowest BCUT2D eigenvalue weighted by molar-refractivity contribution is -0.153. The number of guanidine groups is 1. The van der Waals surface area contributed by atoms with Crippen LogP contribution in [0.1, 0.15) is 23.2 Å². The zero-order valence-electron chi connectivity index (χ0n) is 15.3. The Kier molecular flexibility index (Phi) is 7.90. The van der Waals surface area contributed by atoms with E-state index in [0.717, 1.165) is 17.1 Å². The lowest BCUT2D eigenvalue weighted by Gasteiger charge is -2.13. The number of hydrogen-bond acceptors (Lipinski definition) is 4. The number of para-hydroxylation sites is 1. The Labute approximate surface area is 160 Å². The zero-order valence-corrected chi connectivity index (χ0v) is 16.1. The maximum Gasteiger partial charge on any atom is 0.422 e. The second kappa shape index (κ2) is 10.1. The summed E-state index contributed by atoms with van der Waals surface area (Å²) < 4.78 is 42.1. The first-order valence-corrected chi connectivity index (χ1v) is 9.46. The molecule has 0 spiro atoms.